The van der Waals surface area contributed by atoms with E-state index in [1.165, 1.54) is 11.3 Å². The lowest BCUT2D eigenvalue weighted by atomic mass is 10.2. The van der Waals surface area contributed by atoms with Gasteiger partial charge in [0.1, 0.15) is 0 Å². The molecule has 49 valence electrons. The number of nitrogens with zero attached hydrogens (tertiary/aromatic N) is 1. The second kappa shape index (κ2) is 2.94. The third kappa shape index (κ3) is 1.50. The minimum absolute atomic E-state index is 0.104. The number of aromatic nitrogens is 1. The van der Waals surface area contributed by atoms with E-state index in [0.717, 1.165) is 12.1 Å². The van der Waals surface area contributed by atoms with Gasteiger partial charge in [-0.1, -0.05) is 6.92 Å². The first-order valence-corrected chi connectivity index (χ1v) is 3.79. The molecule has 0 saturated carbocycles. The molecule has 1 radical (unpaired) electrons. The summed E-state index contributed by atoms with van der Waals surface area (Å²) in [5.41, 5.74) is 9.38. The highest BCUT2D eigenvalue weighted by Crippen LogP contribution is 2.11. The fraction of sp³-hybridized carbons (Fsp3) is 0.500. The molecule has 1 aromatic rings. The Morgan fingerprint density at radius 3 is 3.22 bits per heavy atom. The Bertz CT molecular complexity index is 160. The van der Waals surface area contributed by atoms with Crippen molar-refractivity contribution >= 4 is 11.3 Å². The summed E-state index contributed by atoms with van der Waals surface area (Å²) in [7, 11) is 0. The van der Waals surface area contributed by atoms with Crippen LogP contribution in [0.4, 0.5) is 0 Å². The van der Waals surface area contributed by atoms with E-state index in [-0.39, 0.29) is 6.04 Å². The standard InChI is InChI=1S/C6H9N2S/c1-2-5(7)6-3-9-4-8-6/h3,5H,2,7H2,1H3. The molecule has 0 aliphatic heterocycles. The normalized spacial score (nSPS) is 13.6. The summed E-state index contributed by atoms with van der Waals surface area (Å²) < 4.78 is 0. The van der Waals surface area contributed by atoms with Crippen LogP contribution in [0.15, 0.2) is 5.38 Å². The summed E-state index contributed by atoms with van der Waals surface area (Å²) >= 11 is 1.47. The Morgan fingerprint density at radius 2 is 2.78 bits per heavy atom. The second-order valence-electron chi connectivity index (χ2n) is 1.88. The predicted molar refractivity (Wildman–Crippen MR) is 38.2 cm³/mol. The smallest absolute Gasteiger partial charge is 0.152 e. The SMILES string of the molecule is CCC(N)c1cs[c]n1. The predicted octanol–water partition coefficient (Wildman–Crippen LogP) is 1.35. The van der Waals surface area contributed by atoms with Crippen molar-refractivity contribution in [3.05, 3.63) is 16.6 Å². The fourth-order valence-corrected chi connectivity index (χ4v) is 1.13. The van der Waals surface area contributed by atoms with Crippen molar-refractivity contribution in [1.82, 2.24) is 4.98 Å². The summed E-state index contributed by atoms with van der Waals surface area (Å²) in [6.45, 7) is 2.05. The van der Waals surface area contributed by atoms with E-state index < -0.39 is 0 Å². The lowest BCUT2D eigenvalue weighted by molar-refractivity contribution is 0.680. The molecule has 1 heterocycles. The maximum Gasteiger partial charge on any atom is 0.152 e. The topological polar surface area (TPSA) is 38.9 Å². The van der Waals surface area contributed by atoms with Gasteiger partial charge in [0.25, 0.3) is 0 Å². The first-order valence-electron chi connectivity index (χ1n) is 2.91. The van der Waals surface area contributed by atoms with Crippen molar-refractivity contribution in [3.8, 4) is 0 Å². The van der Waals surface area contributed by atoms with E-state index in [1.807, 2.05) is 12.3 Å². The van der Waals surface area contributed by atoms with Crippen molar-refractivity contribution in [2.24, 2.45) is 5.73 Å². The molecular weight excluding hydrogens is 132 g/mol. The molecule has 1 unspecified atom stereocenters. The maximum absolute atomic E-state index is 5.66. The monoisotopic (exact) mass is 141 g/mol. The molecule has 0 spiro atoms. The Kier molecular flexibility index (Phi) is 2.19. The highest BCUT2D eigenvalue weighted by atomic mass is 32.1. The zero-order chi connectivity index (χ0) is 6.69. The molecule has 1 rings (SSSR count). The Hall–Kier alpha value is -0.410. The van der Waals surface area contributed by atoms with Gasteiger partial charge in [-0.15, -0.1) is 11.3 Å². The van der Waals surface area contributed by atoms with Gasteiger partial charge in [-0.3, -0.25) is 0 Å². The summed E-state index contributed by atoms with van der Waals surface area (Å²) in [5.74, 6) is 0. The summed E-state index contributed by atoms with van der Waals surface area (Å²) in [4.78, 5) is 3.96. The van der Waals surface area contributed by atoms with Crippen LogP contribution in [-0.2, 0) is 0 Å². The molecule has 2 N–H and O–H groups in total. The molecule has 0 saturated heterocycles. The van der Waals surface area contributed by atoms with Crippen LogP contribution in [0.2, 0.25) is 0 Å². The molecule has 3 heteroatoms. The van der Waals surface area contributed by atoms with Crippen molar-refractivity contribution in [2.75, 3.05) is 0 Å². The van der Waals surface area contributed by atoms with Gasteiger partial charge >= 0.3 is 0 Å². The van der Waals surface area contributed by atoms with Crippen LogP contribution in [0.25, 0.3) is 0 Å². The third-order valence-corrected chi connectivity index (χ3v) is 1.78. The summed E-state index contributed by atoms with van der Waals surface area (Å²) in [5, 5.41) is 1.94. The molecule has 0 aromatic carbocycles. The minimum Gasteiger partial charge on any atom is -0.323 e. The lowest BCUT2D eigenvalue weighted by Crippen LogP contribution is -2.08. The van der Waals surface area contributed by atoms with Crippen LogP contribution in [0.1, 0.15) is 25.1 Å². The zero-order valence-corrected chi connectivity index (χ0v) is 6.11. The quantitative estimate of drug-likeness (QED) is 0.675. The first-order chi connectivity index (χ1) is 4.34. The Morgan fingerprint density at radius 1 is 2.00 bits per heavy atom. The number of nitrogens with two attached hydrogens (primary N) is 1. The highest BCUT2D eigenvalue weighted by Gasteiger charge is 2.02. The van der Waals surface area contributed by atoms with Crippen LogP contribution in [0.5, 0.6) is 0 Å². The van der Waals surface area contributed by atoms with Gasteiger partial charge in [0.05, 0.1) is 5.69 Å². The first kappa shape index (κ1) is 6.71. The Labute approximate surface area is 58.7 Å². The van der Waals surface area contributed by atoms with Crippen LogP contribution < -0.4 is 5.73 Å². The van der Waals surface area contributed by atoms with E-state index in [2.05, 4.69) is 10.5 Å². The number of hydrogen-bond donors (Lipinski definition) is 1. The van der Waals surface area contributed by atoms with E-state index in [0.29, 0.717) is 0 Å². The fourth-order valence-electron chi connectivity index (χ4n) is 0.572. The highest BCUT2D eigenvalue weighted by molar-refractivity contribution is 7.07. The maximum atomic E-state index is 5.66. The largest absolute Gasteiger partial charge is 0.323 e. The van der Waals surface area contributed by atoms with Crippen LogP contribution in [-0.4, -0.2) is 4.98 Å². The van der Waals surface area contributed by atoms with Crippen LogP contribution >= 0.6 is 11.3 Å². The van der Waals surface area contributed by atoms with E-state index in [9.17, 15) is 0 Å². The van der Waals surface area contributed by atoms with Gasteiger partial charge < -0.3 is 5.73 Å². The molecule has 1 atom stereocenters. The van der Waals surface area contributed by atoms with Crippen LogP contribution in [0.3, 0.4) is 0 Å². The second-order valence-corrected chi connectivity index (χ2v) is 2.53. The van der Waals surface area contributed by atoms with Crippen molar-refractivity contribution < 1.29 is 0 Å². The minimum atomic E-state index is 0.104. The van der Waals surface area contributed by atoms with E-state index in [4.69, 9.17) is 5.73 Å². The lowest BCUT2D eigenvalue weighted by Gasteiger charge is -2.01. The zero-order valence-electron chi connectivity index (χ0n) is 5.29. The average molecular weight is 141 g/mol. The molecule has 0 aliphatic rings. The summed E-state index contributed by atoms with van der Waals surface area (Å²) in [6, 6.07) is 0.104. The molecule has 9 heavy (non-hydrogen) atoms. The molecule has 0 fully saturated rings. The molecular formula is C6H9N2S. The van der Waals surface area contributed by atoms with Gasteiger partial charge in [-0.2, -0.15) is 0 Å². The molecule has 0 amide bonds. The van der Waals surface area contributed by atoms with Crippen molar-refractivity contribution in [3.63, 3.8) is 0 Å². The van der Waals surface area contributed by atoms with Gasteiger partial charge in [0.2, 0.25) is 0 Å². The number of rotatable bonds is 2. The van der Waals surface area contributed by atoms with Gasteiger partial charge in [-0.05, 0) is 6.42 Å². The average Bonchev–Trinajstić information content (AvgIpc) is 2.37. The van der Waals surface area contributed by atoms with Crippen molar-refractivity contribution in [2.45, 2.75) is 19.4 Å². The van der Waals surface area contributed by atoms with Gasteiger partial charge in [0.15, 0.2) is 5.51 Å². The number of hydrogen-bond acceptors (Lipinski definition) is 3. The number of thiazole rings is 1. The summed E-state index contributed by atoms with van der Waals surface area (Å²) in [6.07, 6.45) is 0.942. The molecule has 2 nitrogen and oxygen atoms in total. The molecule has 0 bridgehead atoms. The van der Waals surface area contributed by atoms with E-state index >= 15 is 0 Å². The van der Waals surface area contributed by atoms with E-state index in [1.54, 1.807) is 0 Å². The van der Waals surface area contributed by atoms with Gasteiger partial charge in [0, 0.05) is 11.4 Å². The third-order valence-electron chi connectivity index (χ3n) is 1.23. The van der Waals surface area contributed by atoms with Gasteiger partial charge in [-0.25, -0.2) is 4.98 Å². The molecule has 0 aliphatic carbocycles. The Balaban J connectivity index is 2.65. The van der Waals surface area contributed by atoms with Crippen molar-refractivity contribution in [1.29, 1.82) is 0 Å². The van der Waals surface area contributed by atoms with Crippen LogP contribution in [0, 0.1) is 5.51 Å². The molecule has 1 aromatic heterocycles.